The van der Waals surface area contributed by atoms with Crippen LogP contribution in [0.25, 0.3) is 0 Å². The molecule has 3 rings (SSSR count). The molecule has 216 valence electrons. The monoisotopic (exact) mass is 567 g/mol. The number of amides is 1. The summed E-state index contributed by atoms with van der Waals surface area (Å²) in [4.78, 5) is 13.3. The molecule has 0 radical (unpaired) electrons. The van der Waals surface area contributed by atoms with E-state index in [0.717, 1.165) is 25.0 Å². The van der Waals surface area contributed by atoms with E-state index < -0.39 is 29.2 Å². The number of rotatable bonds is 13. The fourth-order valence-electron chi connectivity index (χ4n) is 3.95. The number of carbonyl (C=O) groups excluding carboxylic acids is 1. The van der Waals surface area contributed by atoms with Crippen molar-refractivity contribution >= 4 is 23.1 Å². The number of anilines is 2. The van der Waals surface area contributed by atoms with Crippen LogP contribution in [-0.2, 0) is 4.79 Å². The molecule has 0 aliphatic heterocycles. The zero-order valence-electron chi connectivity index (χ0n) is 22.6. The predicted molar refractivity (Wildman–Crippen MR) is 156 cm³/mol. The number of hydrogen-bond donors (Lipinski definition) is 5. The highest BCUT2D eigenvalue weighted by Crippen LogP contribution is 2.32. The number of amidine groups is 1. The average Bonchev–Trinajstić information content (AvgIpc) is 3.74. The van der Waals surface area contributed by atoms with Crippen molar-refractivity contribution in [3.05, 3.63) is 120 Å². The van der Waals surface area contributed by atoms with Crippen molar-refractivity contribution < 1.29 is 22.4 Å². The summed E-state index contributed by atoms with van der Waals surface area (Å²) >= 11 is 0. The highest BCUT2D eigenvalue weighted by molar-refractivity contribution is 6.06. The van der Waals surface area contributed by atoms with E-state index in [1.165, 1.54) is 36.4 Å². The lowest BCUT2D eigenvalue weighted by atomic mass is 9.96. The van der Waals surface area contributed by atoms with Crippen LogP contribution in [0, 0.1) is 17.1 Å². The highest BCUT2D eigenvalue weighted by atomic mass is 19.4. The normalized spacial score (nSPS) is 15.0. The van der Waals surface area contributed by atoms with Gasteiger partial charge in [-0.3, -0.25) is 10.2 Å². The molecule has 1 saturated carbocycles. The third-order valence-corrected chi connectivity index (χ3v) is 6.26. The molecule has 6 nitrogen and oxygen atoms in total. The summed E-state index contributed by atoms with van der Waals surface area (Å²) in [5, 5.41) is 16.1. The fourth-order valence-corrected chi connectivity index (χ4v) is 3.95. The minimum absolute atomic E-state index is 0.193. The van der Waals surface area contributed by atoms with Crippen LogP contribution >= 0.6 is 0 Å². The second-order valence-electron chi connectivity index (χ2n) is 9.58. The number of nitrogen functional groups attached to an aromatic ring is 1. The number of alkyl halides is 3. The maximum atomic E-state index is 14.9. The Kier molecular flexibility index (Phi) is 10.4. The van der Waals surface area contributed by atoms with Crippen molar-refractivity contribution in [2.24, 2.45) is 11.7 Å². The Labute approximate surface area is 236 Å². The molecule has 1 atom stereocenters. The Morgan fingerprint density at radius 2 is 1.93 bits per heavy atom. The van der Waals surface area contributed by atoms with Gasteiger partial charge in [0.05, 0.1) is 17.3 Å². The molecule has 0 bridgehead atoms. The Bertz CT molecular complexity index is 1400. The van der Waals surface area contributed by atoms with Crippen molar-refractivity contribution in [1.82, 2.24) is 5.32 Å². The van der Waals surface area contributed by atoms with Crippen molar-refractivity contribution in [2.75, 3.05) is 17.2 Å². The van der Waals surface area contributed by atoms with Gasteiger partial charge in [0.25, 0.3) is 5.91 Å². The van der Waals surface area contributed by atoms with Crippen LogP contribution in [-0.4, -0.2) is 24.5 Å². The van der Waals surface area contributed by atoms with Gasteiger partial charge < -0.3 is 21.7 Å². The molecule has 41 heavy (non-hydrogen) atoms. The second kappa shape index (κ2) is 13.8. The van der Waals surface area contributed by atoms with Crippen LogP contribution in [0.3, 0.4) is 0 Å². The Morgan fingerprint density at radius 1 is 1.20 bits per heavy atom. The van der Waals surface area contributed by atoms with Crippen LogP contribution in [0.15, 0.2) is 103 Å². The van der Waals surface area contributed by atoms with Gasteiger partial charge in [0.2, 0.25) is 0 Å². The van der Waals surface area contributed by atoms with Crippen molar-refractivity contribution in [2.45, 2.75) is 32.0 Å². The summed E-state index contributed by atoms with van der Waals surface area (Å²) < 4.78 is 54.9. The van der Waals surface area contributed by atoms with Gasteiger partial charge in [-0.2, -0.15) is 13.2 Å². The van der Waals surface area contributed by atoms with Crippen molar-refractivity contribution in [3.63, 3.8) is 0 Å². The number of hydrogen-bond acceptors (Lipinski definition) is 4. The molecule has 1 aliphatic carbocycles. The smallest absolute Gasteiger partial charge is 0.384 e. The van der Waals surface area contributed by atoms with Crippen LogP contribution in [0.4, 0.5) is 28.9 Å². The van der Waals surface area contributed by atoms with E-state index in [1.807, 2.05) is 25.2 Å². The summed E-state index contributed by atoms with van der Waals surface area (Å²) in [5.41, 5.74) is 5.45. The maximum absolute atomic E-state index is 14.9. The molecule has 0 saturated heterocycles. The second-order valence-corrected chi connectivity index (χ2v) is 9.58. The predicted octanol–water partition coefficient (Wildman–Crippen LogP) is 6.89. The topological polar surface area (TPSA) is 103 Å². The molecule has 2 aromatic carbocycles. The van der Waals surface area contributed by atoms with Gasteiger partial charge in [-0.1, -0.05) is 55.7 Å². The quantitative estimate of drug-likeness (QED) is 0.0598. The molecule has 2 aromatic rings. The lowest BCUT2D eigenvalue weighted by Gasteiger charge is -2.22. The van der Waals surface area contributed by atoms with E-state index in [4.69, 9.17) is 11.1 Å². The Hall–Kier alpha value is -4.44. The molecular formula is C31H33F4N5O. The lowest BCUT2D eigenvalue weighted by molar-refractivity contribution is -0.112. The van der Waals surface area contributed by atoms with Gasteiger partial charge in [0.1, 0.15) is 17.3 Å². The molecule has 1 amide bonds. The summed E-state index contributed by atoms with van der Waals surface area (Å²) in [5.74, 6) is -1.52. The Morgan fingerprint density at radius 3 is 2.54 bits per heavy atom. The van der Waals surface area contributed by atoms with E-state index in [1.54, 1.807) is 12.1 Å². The van der Waals surface area contributed by atoms with Crippen LogP contribution < -0.4 is 21.7 Å². The van der Waals surface area contributed by atoms with E-state index >= 15 is 0 Å². The first kappa shape index (κ1) is 31.1. The molecular weight excluding hydrogens is 534 g/mol. The van der Waals surface area contributed by atoms with Gasteiger partial charge in [0.15, 0.2) is 0 Å². The number of allylic oxidation sites excluding steroid dienone is 5. The molecule has 0 spiro atoms. The number of nitrogens with one attached hydrogen (secondary N) is 4. The van der Waals surface area contributed by atoms with Gasteiger partial charge in [-0.25, -0.2) is 4.39 Å². The highest BCUT2D eigenvalue weighted by Gasteiger charge is 2.31. The van der Waals surface area contributed by atoms with E-state index in [0.29, 0.717) is 17.6 Å². The van der Waals surface area contributed by atoms with E-state index in [-0.39, 0.29) is 28.8 Å². The van der Waals surface area contributed by atoms with Crippen molar-refractivity contribution in [1.29, 1.82) is 5.41 Å². The largest absolute Gasteiger partial charge is 0.415 e. The SMILES string of the molecule is C=C/C=C(\C=C/C)C(NCC1CC1)c1ccc(F)c(NC(=O)/C(=C/C(=C)C(F)(F)F)Nc2cccc(C(=N)N)c2)c1. The molecule has 1 fully saturated rings. The molecule has 1 unspecified atom stereocenters. The van der Waals surface area contributed by atoms with Crippen LogP contribution in [0.5, 0.6) is 0 Å². The molecule has 0 aromatic heterocycles. The average molecular weight is 568 g/mol. The molecule has 1 aliphatic rings. The molecule has 10 heteroatoms. The minimum Gasteiger partial charge on any atom is -0.384 e. The summed E-state index contributed by atoms with van der Waals surface area (Å²) in [6.07, 6.45) is 5.21. The number of benzene rings is 2. The first-order chi connectivity index (χ1) is 19.4. The van der Waals surface area contributed by atoms with Gasteiger partial charge in [-0.15, -0.1) is 0 Å². The first-order valence-electron chi connectivity index (χ1n) is 12.9. The maximum Gasteiger partial charge on any atom is 0.415 e. The van der Waals surface area contributed by atoms with E-state index in [9.17, 15) is 22.4 Å². The van der Waals surface area contributed by atoms with Crippen LogP contribution in [0.2, 0.25) is 0 Å². The lowest BCUT2D eigenvalue weighted by Crippen LogP contribution is -2.26. The molecule has 6 N–H and O–H groups in total. The summed E-state index contributed by atoms with van der Waals surface area (Å²) in [7, 11) is 0. The number of carbonyl (C=O) groups is 1. The van der Waals surface area contributed by atoms with E-state index in [2.05, 4.69) is 29.1 Å². The van der Waals surface area contributed by atoms with Gasteiger partial charge >= 0.3 is 6.18 Å². The zero-order valence-corrected chi connectivity index (χ0v) is 22.6. The summed E-state index contributed by atoms with van der Waals surface area (Å²) in [6, 6.07) is 9.80. The van der Waals surface area contributed by atoms with Crippen molar-refractivity contribution in [3.8, 4) is 0 Å². The fraction of sp³-hybridized carbons (Fsp3) is 0.226. The minimum atomic E-state index is -4.80. The van der Waals surface area contributed by atoms with Gasteiger partial charge in [0, 0.05) is 11.3 Å². The number of nitrogens with two attached hydrogens (primary N) is 1. The Balaban J connectivity index is 1.97. The van der Waals surface area contributed by atoms with Gasteiger partial charge in [-0.05, 0) is 73.7 Å². The number of halogens is 4. The first-order valence-corrected chi connectivity index (χ1v) is 12.9. The molecule has 0 heterocycles. The van der Waals surface area contributed by atoms with Crippen LogP contribution in [0.1, 0.15) is 36.9 Å². The standard InChI is InChI=1S/C31H33F4N5O/c1-4-7-21(8-5-2)28(38-18-20-11-12-20)22-13-14-25(32)26(17-22)40-30(41)27(15-19(3)31(33,34)35)39-24-10-6-9-23(16-24)29(36)37/h4-10,13-17,20,28,38-39H,1,3,11-12,18H2,2H3,(H3,36,37)(H,40,41)/b8-5-,21-7+,27-15-. The third-order valence-electron chi connectivity index (χ3n) is 6.26. The zero-order chi connectivity index (χ0) is 30.2. The summed E-state index contributed by atoms with van der Waals surface area (Å²) in [6.45, 7) is 9.40. The third kappa shape index (κ3) is 9.04.